The molecule has 1 amide bonds. The van der Waals surface area contributed by atoms with Crippen LogP contribution < -0.4 is 9.62 Å². The summed E-state index contributed by atoms with van der Waals surface area (Å²) in [6.45, 7) is 3.36. The van der Waals surface area contributed by atoms with Gasteiger partial charge in [-0.1, -0.05) is 11.6 Å². The molecule has 4 heterocycles. The van der Waals surface area contributed by atoms with Gasteiger partial charge in [-0.25, -0.2) is 13.1 Å². The molecule has 1 aromatic carbocycles. The zero-order chi connectivity index (χ0) is 24.8. The van der Waals surface area contributed by atoms with Crippen molar-refractivity contribution < 1.29 is 35.9 Å². The number of fused-ring (bicyclic) bond motifs is 2. The van der Waals surface area contributed by atoms with Crippen molar-refractivity contribution in [1.82, 2.24) is 4.72 Å². The predicted octanol–water partition coefficient (Wildman–Crippen LogP) is 2.80. The van der Waals surface area contributed by atoms with Gasteiger partial charge in [0.15, 0.2) is 0 Å². The second-order valence-electron chi connectivity index (χ2n) is 9.33. The lowest BCUT2D eigenvalue weighted by Crippen LogP contribution is -2.61. The Morgan fingerprint density at radius 3 is 2.71 bits per heavy atom. The standard InChI is InChI=1S/C21H21ClF3N3O5S/c1-3-34(30,31)27-14-8-19(2)15-16-18(32-5-4-20(14,16)33-19)28(17(15)29)10-6-12(21(23,24)25)11(9-26)13(22)7-10/h6-7,14-16,18,27H,3-5,8H2,1-2H3/t14-,15+,16-,18-,19+,20-/m0/s1. The summed E-state index contributed by atoms with van der Waals surface area (Å²) in [5, 5.41) is 8.76. The summed E-state index contributed by atoms with van der Waals surface area (Å²) >= 11 is 6.03. The van der Waals surface area contributed by atoms with Gasteiger partial charge in [0.2, 0.25) is 15.9 Å². The van der Waals surface area contributed by atoms with E-state index in [2.05, 4.69) is 4.72 Å². The molecule has 0 saturated carbocycles. The number of nitrogens with zero attached hydrogens (tertiary/aromatic N) is 2. The van der Waals surface area contributed by atoms with E-state index in [0.717, 1.165) is 17.0 Å². The summed E-state index contributed by atoms with van der Waals surface area (Å²) in [5.41, 5.74) is -4.15. The first-order valence-electron chi connectivity index (χ1n) is 10.7. The second-order valence-corrected chi connectivity index (χ2v) is 11.8. The van der Waals surface area contributed by atoms with E-state index in [9.17, 15) is 31.6 Å². The van der Waals surface area contributed by atoms with Crippen LogP contribution in [0.4, 0.5) is 18.9 Å². The number of sulfonamides is 1. The van der Waals surface area contributed by atoms with Crippen molar-refractivity contribution in [1.29, 1.82) is 5.26 Å². The summed E-state index contributed by atoms with van der Waals surface area (Å²) in [6.07, 6.45) is -5.25. The average molecular weight is 520 g/mol. The number of hydrogen-bond acceptors (Lipinski definition) is 6. The van der Waals surface area contributed by atoms with E-state index in [4.69, 9.17) is 21.1 Å². The van der Waals surface area contributed by atoms with Gasteiger partial charge in [0.25, 0.3) is 0 Å². The fourth-order valence-electron chi connectivity index (χ4n) is 6.23. The van der Waals surface area contributed by atoms with Crippen LogP contribution in [0, 0.1) is 23.2 Å². The Kier molecular flexibility index (Phi) is 5.11. The maximum absolute atomic E-state index is 13.7. The van der Waals surface area contributed by atoms with Gasteiger partial charge in [0.05, 0.1) is 51.7 Å². The smallest absolute Gasteiger partial charge is 0.366 e. The average Bonchev–Trinajstić information content (AvgIpc) is 3.30. The van der Waals surface area contributed by atoms with Crippen molar-refractivity contribution in [3.8, 4) is 6.07 Å². The summed E-state index contributed by atoms with van der Waals surface area (Å²) in [4.78, 5) is 14.8. The van der Waals surface area contributed by atoms with Crippen LogP contribution in [0.2, 0.25) is 5.02 Å². The molecule has 4 aliphatic heterocycles. The van der Waals surface area contributed by atoms with Gasteiger partial charge in [-0.2, -0.15) is 18.4 Å². The van der Waals surface area contributed by atoms with E-state index < -0.39 is 73.6 Å². The number of amides is 1. The molecule has 1 spiro atoms. The summed E-state index contributed by atoms with van der Waals surface area (Å²) < 4.78 is 80.7. The van der Waals surface area contributed by atoms with Crippen molar-refractivity contribution in [2.24, 2.45) is 11.8 Å². The van der Waals surface area contributed by atoms with Crippen LogP contribution in [-0.4, -0.2) is 50.2 Å². The zero-order valence-corrected chi connectivity index (χ0v) is 19.7. The number of nitriles is 1. The number of benzene rings is 1. The summed E-state index contributed by atoms with van der Waals surface area (Å²) in [7, 11) is -3.58. The first-order chi connectivity index (χ1) is 15.8. The van der Waals surface area contributed by atoms with Crippen LogP contribution in [0.5, 0.6) is 0 Å². The van der Waals surface area contributed by atoms with Gasteiger partial charge in [-0.15, -0.1) is 0 Å². The van der Waals surface area contributed by atoms with Crippen molar-refractivity contribution in [2.45, 2.75) is 56.3 Å². The topological polar surface area (TPSA) is 109 Å². The van der Waals surface area contributed by atoms with E-state index in [1.54, 1.807) is 6.92 Å². The fraction of sp³-hybridized carbons (Fsp3) is 0.619. The van der Waals surface area contributed by atoms with Crippen LogP contribution in [0.15, 0.2) is 12.1 Å². The molecule has 1 aromatic rings. The molecule has 184 valence electrons. The lowest BCUT2D eigenvalue weighted by Gasteiger charge is -2.45. The molecule has 5 rings (SSSR count). The number of alkyl halides is 3. The molecular formula is C21H21ClF3N3O5S. The Labute approximate surface area is 199 Å². The maximum atomic E-state index is 13.7. The molecule has 4 aliphatic rings. The minimum absolute atomic E-state index is 0.119. The van der Waals surface area contributed by atoms with Crippen molar-refractivity contribution in [3.63, 3.8) is 0 Å². The maximum Gasteiger partial charge on any atom is 0.417 e. The normalized spacial score (nSPS) is 36.6. The third-order valence-corrected chi connectivity index (χ3v) is 9.22. The van der Waals surface area contributed by atoms with Gasteiger partial charge in [0.1, 0.15) is 12.3 Å². The first kappa shape index (κ1) is 23.8. The molecule has 34 heavy (non-hydrogen) atoms. The van der Waals surface area contributed by atoms with E-state index >= 15 is 0 Å². The van der Waals surface area contributed by atoms with Gasteiger partial charge < -0.3 is 9.47 Å². The van der Waals surface area contributed by atoms with E-state index in [1.165, 1.54) is 13.0 Å². The number of anilines is 1. The van der Waals surface area contributed by atoms with E-state index in [1.807, 2.05) is 0 Å². The highest BCUT2D eigenvalue weighted by molar-refractivity contribution is 7.89. The highest BCUT2D eigenvalue weighted by Crippen LogP contribution is 2.65. The SMILES string of the molecule is CCS(=O)(=O)N[C@H]1C[C@@]2(C)O[C@@]13CCO[C@H]1[C@@H]3[C@@H]2C(=O)N1c1cc(Cl)c(C#N)c(C(F)(F)F)c1. The number of hydrogen-bond donors (Lipinski definition) is 1. The predicted molar refractivity (Wildman–Crippen MR) is 113 cm³/mol. The van der Waals surface area contributed by atoms with Crippen LogP contribution in [0.25, 0.3) is 0 Å². The van der Waals surface area contributed by atoms with Crippen LogP contribution in [-0.2, 0) is 30.5 Å². The van der Waals surface area contributed by atoms with Crippen molar-refractivity contribution in [3.05, 3.63) is 28.3 Å². The molecule has 0 aromatic heterocycles. The molecule has 4 fully saturated rings. The van der Waals surface area contributed by atoms with Gasteiger partial charge in [-0.3, -0.25) is 9.69 Å². The third kappa shape index (κ3) is 3.14. The quantitative estimate of drug-likeness (QED) is 0.655. The molecule has 0 radical (unpaired) electrons. The zero-order valence-electron chi connectivity index (χ0n) is 18.1. The number of rotatable bonds is 4. The lowest BCUT2D eigenvalue weighted by atomic mass is 9.64. The Bertz CT molecular complexity index is 1240. The van der Waals surface area contributed by atoms with Crippen molar-refractivity contribution in [2.75, 3.05) is 17.3 Å². The van der Waals surface area contributed by atoms with Gasteiger partial charge in [0, 0.05) is 18.0 Å². The Morgan fingerprint density at radius 2 is 2.09 bits per heavy atom. The van der Waals surface area contributed by atoms with E-state index in [-0.39, 0.29) is 24.5 Å². The molecule has 8 nitrogen and oxygen atoms in total. The molecule has 2 bridgehead atoms. The molecule has 6 atom stereocenters. The van der Waals surface area contributed by atoms with Gasteiger partial charge in [-0.05, 0) is 32.4 Å². The number of carbonyl (C=O) groups is 1. The summed E-state index contributed by atoms with van der Waals surface area (Å²) in [6, 6.07) is 2.76. The lowest BCUT2D eigenvalue weighted by molar-refractivity contribution is -0.143. The molecule has 0 unspecified atom stereocenters. The monoisotopic (exact) mass is 519 g/mol. The fourth-order valence-corrected chi connectivity index (χ4v) is 7.37. The van der Waals surface area contributed by atoms with Gasteiger partial charge >= 0.3 is 6.18 Å². The van der Waals surface area contributed by atoms with Crippen molar-refractivity contribution >= 4 is 33.2 Å². The second kappa shape index (κ2) is 7.30. The highest BCUT2D eigenvalue weighted by atomic mass is 35.5. The molecule has 0 aliphatic carbocycles. The minimum Gasteiger partial charge on any atom is -0.366 e. The Hall–Kier alpha value is -1.91. The third-order valence-electron chi connectivity index (χ3n) is 7.52. The Morgan fingerprint density at radius 1 is 1.38 bits per heavy atom. The number of carbonyl (C=O) groups excluding carboxylic acids is 1. The first-order valence-corrected chi connectivity index (χ1v) is 12.8. The minimum atomic E-state index is -4.87. The van der Waals surface area contributed by atoms with E-state index in [0.29, 0.717) is 6.42 Å². The largest absolute Gasteiger partial charge is 0.417 e. The molecular weight excluding hydrogens is 499 g/mol. The molecule has 13 heteroatoms. The van der Waals surface area contributed by atoms with Crippen LogP contribution in [0.1, 0.15) is 37.8 Å². The molecule has 4 saturated heterocycles. The molecule has 1 N–H and O–H groups in total. The summed E-state index contributed by atoms with van der Waals surface area (Å²) in [5.74, 6) is -1.93. The number of nitrogens with one attached hydrogen (secondary N) is 1. The highest BCUT2D eigenvalue weighted by Gasteiger charge is 2.78. The number of halogens is 4. The number of ether oxygens (including phenoxy) is 2. The van der Waals surface area contributed by atoms with Crippen LogP contribution >= 0.6 is 11.6 Å². The van der Waals surface area contributed by atoms with Crippen LogP contribution in [0.3, 0.4) is 0 Å². The Balaban J connectivity index is 1.61.